The van der Waals surface area contributed by atoms with Gasteiger partial charge in [0, 0.05) is 25.9 Å². The van der Waals surface area contributed by atoms with E-state index in [-0.39, 0.29) is 6.10 Å². The lowest BCUT2D eigenvalue weighted by molar-refractivity contribution is 0.0473. The number of nitrogens with zero attached hydrogens (tertiary/aromatic N) is 2. The van der Waals surface area contributed by atoms with Gasteiger partial charge in [-0.2, -0.15) is 0 Å². The number of aromatic nitrogens is 2. The van der Waals surface area contributed by atoms with E-state index in [1.165, 1.54) is 19.3 Å². The summed E-state index contributed by atoms with van der Waals surface area (Å²) in [4.78, 5) is 4.30. The third-order valence-electron chi connectivity index (χ3n) is 4.39. The van der Waals surface area contributed by atoms with Crippen LogP contribution in [0, 0.1) is 11.3 Å². The van der Waals surface area contributed by atoms with Gasteiger partial charge in [-0.05, 0) is 30.6 Å². The van der Waals surface area contributed by atoms with Gasteiger partial charge in [-0.15, -0.1) is 0 Å². The molecule has 1 aliphatic rings. The Kier molecular flexibility index (Phi) is 3.57. The highest BCUT2D eigenvalue weighted by molar-refractivity contribution is 4.94. The standard InChI is InChI=1S/C14H24N2O/c1-14(2)8-4-5-11(14)12(17)6-7-13-15-9-10-16(13)3/h9-12,17H,4-8H2,1-3H3. The molecule has 0 radical (unpaired) electrons. The zero-order valence-electron chi connectivity index (χ0n) is 11.2. The lowest BCUT2D eigenvalue weighted by atomic mass is 9.77. The minimum Gasteiger partial charge on any atom is -0.393 e. The molecule has 3 heteroatoms. The molecule has 1 aromatic heterocycles. The van der Waals surface area contributed by atoms with E-state index in [1.807, 2.05) is 24.0 Å². The van der Waals surface area contributed by atoms with E-state index in [0.717, 1.165) is 18.7 Å². The van der Waals surface area contributed by atoms with Crippen LogP contribution >= 0.6 is 0 Å². The summed E-state index contributed by atoms with van der Waals surface area (Å²) in [5.41, 5.74) is 0.307. The van der Waals surface area contributed by atoms with Gasteiger partial charge < -0.3 is 9.67 Å². The first-order chi connectivity index (χ1) is 8.00. The first kappa shape index (κ1) is 12.6. The predicted molar refractivity (Wildman–Crippen MR) is 68.7 cm³/mol. The van der Waals surface area contributed by atoms with Crippen LogP contribution in [0.15, 0.2) is 12.4 Å². The lowest BCUT2D eigenvalue weighted by Gasteiger charge is -2.31. The number of hydrogen-bond donors (Lipinski definition) is 1. The van der Waals surface area contributed by atoms with Crippen molar-refractivity contribution < 1.29 is 5.11 Å². The van der Waals surface area contributed by atoms with E-state index in [2.05, 4.69) is 18.8 Å². The Morgan fingerprint density at radius 2 is 2.35 bits per heavy atom. The first-order valence-electron chi connectivity index (χ1n) is 6.65. The SMILES string of the molecule is Cn1ccnc1CCC(O)C1CCCC1(C)C. The monoisotopic (exact) mass is 236 g/mol. The molecule has 2 unspecified atom stereocenters. The van der Waals surface area contributed by atoms with Gasteiger partial charge in [0.15, 0.2) is 0 Å². The predicted octanol–water partition coefficient (Wildman–Crippen LogP) is 2.54. The van der Waals surface area contributed by atoms with Crippen molar-refractivity contribution in [1.82, 2.24) is 9.55 Å². The number of rotatable bonds is 4. The maximum absolute atomic E-state index is 10.3. The Bertz CT molecular complexity index is 370. The molecule has 0 aromatic carbocycles. The number of hydrogen-bond acceptors (Lipinski definition) is 2. The van der Waals surface area contributed by atoms with Crippen LogP contribution < -0.4 is 0 Å². The summed E-state index contributed by atoms with van der Waals surface area (Å²) in [6.07, 6.45) is 8.99. The molecule has 1 fully saturated rings. The van der Waals surface area contributed by atoms with Crippen molar-refractivity contribution in [2.45, 2.75) is 52.1 Å². The summed E-state index contributed by atoms with van der Waals surface area (Å²) < 4.78 is 2.03. The van der Waals surface area contributed by atoms with Crippen LogP contribution in [0.4, 0.5) is 0 Å². The number of aliphatic hydroxyl groups is 1. The molecular formula is C14H24N2O. The van der Waals surface area contributed by atoms with Crippen LogP contribution in [0.2, 0.25) is 0 Å². The zero-order chi connectivity index (χ0) is 12.5. The van der Waals surface area contributed by atoms with Gasteiger partial charge in [-0.25, -0.2) is 4.98 Å². The van der Waals surface area contributed by atoms with Gasteiger partial charge in [0.1, 0.15) is 5.82 Å². The molecule has 1 aromatic rings. The molecule has 2 rings (SSSR count). The zero-order valence-corrected chi connectivity index (χ0v) is 11.2. The largest absolute Gasteiger partial charge is 0.393 e. The third-order valence-corrected chi connectivity index (χ3v) is 4.39. The number of aryl methyl sites for hydroxylation is 2. The minimum absolute atomic E-state index is 0.177. The summed E-state index contributed by atoms with van der Waals surface area (Å²) in [5.74, 6) is 1.53. The van der Waals surface area contributed by atoms with Crippen molar-refractivity contribution in [2.75, 3.05) is 0 Å². The Morgan fingerprint density at radius 3 is 2.88 bits per heavy atom. The maximum Gasteiger partial charge on any atom is 0.108 e. The summed E-state index contributed by atoms with van der Waals surface area (Å²) in [7, 11) is 2.01. The Balaban J connectivity index is 1.89. The van der Waals surface area contributed by atoms with Crippen molar-refractivity contribution in [3.63, 3.8) is 0 Å². The molecule has 0 spiro atoms. The highest BCUT2D eigenvalue weighted by Crippen LogP contribution is 2.45. The van der Waals surface area contributed by atoms with Crippen molar-refractivity contribution in [3.05, 3.63) is 18.2 Å². The molecule has 0 aliphatic heterocycles. The van der Waals surface area contributed by atoms with Crippen LogP contribution in [-0.4, -0.2) is 20.8 Å². The highest BCUT2D eigenvalue weighted by atomic mass is 16.3. The van der Waals surface area contributed by atoms with E-state index in [4.69, 9.17) is 0 Å². The van der Waals surface area contributed by atoms with Crippen molar-refractivity contribution in [2.24, 2.45) is 18.4 Å². The minimum atomic E-state index is -0.177. The van der Waals surface area contributed by atoms with Gasteiger partial charge in [0.05, 0.1) is 6.10 Å². The average molecular weight is 236 g/mol. The van der Waals surface area contributed by atoms with Gasteiger partial charge in [0.2, 0.25) is 0 Å². The number of imidazole rings is 1. The molecule has 1 saturated carbocycles. The molecule has 0 saturated heterocycles. The third kappa shape index (κ3) is 2.71. The van der Waals surface area contributed by atoms with E-state index < -0.39 is 0 Å². The smallest absolute Gasteiger partial charge is 0.108 e. The second-order valence-corrected chi connectivity index (χ2v) is 6.05. The number of aliphatic hydroxyl groups excluding tert-OH is 1. The van der Waals surface area contributed by atoms with Crippen molar-refractivity contribution >= 4 is 0 Å². The summed E-state index contributed by atoms with van der Waals surface area (Å²) in [6, 6.07) is 0. The summed E-state index contributed by atoms with van der Waals surface area (Å²) in [5, 5.41) is 10.3. The average Bonchev–Trinajstić information content (AvgIpc) is 2.81. The molecular weight excluding hydrogens is 212 g/mol. The molecule has 0 bridgehead atoms. The second kappa shape index (κ2) is 4.81. The Hall–Kier alpha value is -0.830. The first-order valence-corrected chi connectivity index (χ1v) is 6.65. The van der Waals surface area contributed by atoms with Crippen LogP contribution in [0.3, 0.4) is 0 Å². The van der Waals surface area contributed by atoms with E-state index in [9.17, 15) is 5.11 Å². The van der Waals surface area contributed by atoms with Gasteiger partial charge in [-0.3, -0.25) is 0 Å². The van der Waals surface area contributed by atoms with E-state index in [0.29, 0.717) is 11.3 Å². The van der Waals surface area contributed by atoms with Crippen LogP contribution in [0.25, 0.3) is 0 Å². The molecule has 1 aliphatic carbocycles. The molecule has 1 heterocycles. The lowest BCUT2D eigenvalue weighted by Crippen LogP contribution is -2.30. The molecule has 2 atom stereocenters. The Labute approximate surface area is 104 Å². The van der Waals surface area contributed by atoms with Gasteiger partial charge in [-0.1, -0.05) is 20.3 Å². The molecule has 1 N–H and O–H groups in total. The molecule has 3 nitrogen and oxygen atoms in total. The topological polar surface area (TPSA) is 38.0 Å². The van der Waals surface area contributed by atoms with E-state index in [1.54, 1.807) is 0 Å². The van der Waals surface area contributed by atoms with Crippen LogP contribution in [0.5, 0.6) is 0 Å². The second-order valence-electron chi connectivity index (χ2n) is 6.05. The molecule has 0 amide bonds. The fraction of sp³-hybridized carbons (Fsp3) is 0.786. The summed E-state index contributed by atoms with van der Waals surface area (Å²) >= 11 is 0. The fourth-order valence-electron chi connectivity index (χ4n) is 3.18. The van der Waals surface area contributed by atoms with Gasteiger partial charge >= 0.3 is 0 Å². The fourth-order valence-corrected chi connectivity index (χ4v) is 3.18. The van der Waals surface area contributed by atoms with Crippen molar-refractivity contribution in [1.29, 1.82) is 0 Å². The summed E-state index contributed by atoms with van der Waals surface area (Å²) in [6.45, 7) is 4.57. The van der Waals surface area contributed by atoms with E-state index >= 15 is 0 Å². The van der Waals surface area contributed by atoms with Crippen LogP contribution in [0.1, 0.15) is 45.4 Å². The van der Waals surface area contributed by atoms with Gasteiger partial charge in [0.25, 0.3) is 0 Å². The molecule has 96 valence electrons. The maximum atomic E-state index is 10.3. The molecule has 17 heavy (non-hydrogen) atoms. The van der Waals surface area contributed by atoms with Crippen molar-refractivity contribution in [3.8, 4) is 0 Å². The Morgan fingerprint density at radius 1 is 1.59 bits per heavy atom. The highest BCUT2D eigenvalue weighted by Gasteiger charge is 2.38. The quantitative estimate of drug-likeness (QED) is 0.872. The van der Waals surface area contributed by atoms with Crippen LogP contribution in [-0.2, 0) is 13.5 Å². The normalized spacial score (nSPS) is 25.1.